The van der Waals surface area contributed by atoms with Gasteiger partial charge in [-0.2, -0.15) is 0 Å². The first kappa shape index (κ1) is 14.1. The van der Waals surface area contributed by atoms with Crippen molar-refractivity contribution < 1.29 is 23.8 Å². The molecule has 0 aliphatic heterocycles. The Bertz CT molecular complexity index is 667. The summed E-state index contributed by atoms with van der Waals surface area (Å²) >= 11 is 1.11. The van der Waals surface area contributed by atoms with Crippen LogP contribution >= 0.6 is 11.3 Å². The van der Waals surface area contributed by atoms with Gasteiger partial charge in [-0.05, 0) is 6.07 Å². The Kier molecular flexibility index (Phi) is 4.04. The van der Waals surface area contributed by atoms with Gasteiger partial charge in [0.25, 0.3) is 0 Å². The monoisotopic (exact) mass is 296 g/mol. The number of thiophene rings is 1. The highest BCUT2D eigenvalue weighted by Gasteiger charge is 2.22. The van der Waals surface area contributed by atoms with Crippen LogP contribution in [0.1, 0.15) is 9.67 Å². The van der Waals surface area contributed by atoms with Crippen molar-refractivity contribution in [2.45, 2.75) is 0 Å². The van der Waals surface area contributed by atoms with Crippen molar-refractivity contribution in [3.05, 3.63) is 17.1 Å². The number of rotatable bonds is 4. The molecule has 0 aromatic carbocycles. The molecule has 20 heavy (non-hydrogen) atoms. The van der Waals surface area contributed by atoms with E-state index < -0.39 is 11.9 Å². The van der Waals surface area contributed by atoms with Gasteiger partial charge in [0.1, 0.15) is 4.83 Å². The molecular formula is C12H12N2O5S. The van der Waals surface area contributed by atoms with E-state index in [1.807, 2.05) is 0 Å². The van der Waals surface area contributed by atoms with Crippen molar-refractivity contribution in [1.82, 2.24) is 4.98 Å². The highest BCUT2D eigenvalue weighted by molar-refractivity contribution is 7.20. The highest BCUT2D eigenvalue weighted by Crippen LogP contribution is 2.38. The predicted octanol–water partition coefficient (Wildman–Crippen LogP) is 1.22. The first-order chi connectivity index (χ1) is 9.56. The molecule has 2 aromatic heterocycles. The quantitative estimate of drug-likeness (QED) is 0.846. The first-order valence-electron chi connectivity index (χ1n) is 5.52. The lowest BCUT2D eigenvalue weighted by Gasteiger charge is -2.05. The fraction of sp³-hybridized carbons (Fsp3) is 0.250. The van der Waals surface area contributed by atoms with Crippen LogP contribution in [0, 0.1) is 0 Å². The average molecular weight is 296 g/mol. The number of esters is 2. The number of anilines is 1. The van der Waals surface area contributed by atoms with Gasteiger partial charge >= 0.3 is 11.9 Å². The third kappa shape index (κ3) is 2.64. The molecule has 0 unspecified atom stereocenters. The number of hydrogen-bond donors (Lipinski definition) is 1. The third-order valence-corrected chi connectivity index (χ3v) is 3.53. The zero-order valence-corrected chi connectivity index (χ0v) is 11.7. The molecule has 0 spiro atoms. The van der Waals surface area contributed by atoms with Crippen LogP contribution in [0.2, 0.25) is 0 Å². The number of nitrogen functional groups attached to an aromatic ring is 1. The standard InChI is InChI=1S/C12H12N2O5S/c1-17-8(15)5-19-9-7-3-6(13)4-14-11(7)20-10(9)12(16)18-2/h3-4H,5,13H2,1-2H3. The normalized spacial score (nSPS) is 10.3. The predicted molar refractivity (Wildman–Crippen MR) is 72.9 cm³/mol. The zero-order valence-electron chi connectivity index (χ0n) is 10.8. The van der Waals surface area contributed by atoms with Crippen LogP contribution in [0.4, 0.5) is 5.69 Å². The number of carbonyl (C=O) groups excluding carboxylic acids is 2. The molecular weight excluding hydrogens is 284 g/mol. The van der Waals surface area contributed by atoms with Crippen LogP contribution in [0.3, 0.4) is 0 Å². The minimum atomic E-state index is -0.563. The van der Waals surface area contributed by atoms with Crippen LogP contribution in [-0.4, -0.2) is 37.7 Å². The van der Waals surface area contributed by atoms with E-state index in [2.05, 4.69) is 14.5 Å². The van der Waals surface area contributed by atoms with E-state index in [1.54, 1.807) is 6.07 Å². The molecule has 0 atom stereocenters. The van der Waals surface area contributed by atoms with Crippen molar-refractivity contribution in [3.63, 3.8) is 0 Å². The molecule has 0 fully saturated rings. The number of aromatic nitrogens is 1. The van der Waals surface area contributed by atoms with Crippen LogP contribution in [0.15, 0.2) is 12.3 Å². The number of hydrogen-bond acceptors (Lipinski definition) is 8. The van der Waals surface area contributed by atoms with Crippen LogP contribution in [-0.2, 0) is 14.3 Å². The van der Waals surface area contributed by atoms with E-state index in [0.29, 0.717) is 15.9 Å². The zero-order chi connectivity index (χ0) is 14.7. The number of nitrogens with zero attached hydrogens (tertiary/aromatic N) is 1. The maximum absolute atomic E-state index is 11.7. The highest BCUT2D eigenvalue weighted by atomic mass is 32.1. The lowest BCUT2D eigenvalue weighted by molar-refractivity contribution is -0.142. The summed E-state index contributed by atoms with van der Waals surface area (Å²) in [7, 11) is 2.51. The van der Waals surface area contributed by atoms with E-state index in [-0.39, 0.29) is 17.2 Å². The number of ether oxygens (including phenoxy) is 3. The van der Waals surface area contributed by atoms with Crippen molar-refractivity contribution in [2.24, 2.45) is 0 Å². The minimum absolute atomic E-state index is 0.224. The largest absolute Gasteiger partial charge is 0.479 e. The van der Waals surface area contributed by atoms with Crippen LogP contribution in [0.5, 0.6) is 5.75 Å². The molecule has 0 saturated heterocycles. The van der Waals surface area contributed by atoms with E-state index in [0.717, 1.165) is 11.3 Å². The topological polar surface area (TPSA) is 101 Å². The maximum atomic E-state index is 11.7. The van der Waals surface area contributed by atoms with Crippen molar-refractivity contribution in [1.29, 1.82) is 0 Å². The number of pyridine rings is 1. The number of fused-ring (bicyclic) bond motifs is 1. The van der Waals surface area contributed by atoms with Gasteiger partial charge in [-0.15, -0.1) is 11.3 Å². The van der Waals surface area contributed by atoms with Crippen molar-refractivity contribution in [2.75, 3.05) is 26.6 Å². The lowest BCUT2D eigenvalue weighted by atomic mass is 10.2. The Hall–Kier alpha value is -2.35. The molecule has 0 bridgehead atoms. The van der Waals surface area contributed by atoms with Crippen molar-refractivity contribution in [3.8, 4) is 5.75 Å². The SMILES string of the molecule is COC(=O)COc1c(C(=O)OC)sc2ncc(N)cc12. The summed E-state index contributed by atoms with van der Waals surface area (Å²) in [6.07, 6.45) is 1.48. The molecule has 2 aromatic rings. The summed E-state index contributed by atoms with van der Waals surface area (Å²) in [5.41, 5.74) is 6.10. The summed E-state index contributed by atoms with van der Waals surface area (Å²) in [5.74, 6) is -0.898. The summed E-state index contributed by atoms with van der Waals surface area (Å²) in [6.45, 7) is -0.318. The molecule has 106 valence electrons. The van der Waals surface area contributed by atoms with Crippen LogP contribution in [0.25, 0.3) is 10.2 Å². The molecule has 0 amide bonds. The Morgan fingerprint density at radius 2 is 2.10 bits per heavy atom. The molecule has 2 N–H and O–H groups in total. The van der Waals surface area contributed by atoms with Gasteiger partial charge in [0.05, 0.1) is 31.5 Å². The number of nitrogens with two attached hydrogens (primary N) is 1. The molecule has 0 saturated carbocycles. The van der Waals surface area contributed by atoms with Gasteiger partial charge in [0.15, 0.2) is 17.2 Å². The Balaban J connectivity index is 2.48. The van der Waals surface area contributed by atoms with Gasteiger partial charge in [-0.25, -0.2) is 14.6 Å². The second kappa shape index (κ2) is 5.74. The summed E-state index contributed by atoms with van der Waals surface area (Å²) in [5, 5.41) is 0.555. The second-order valence-electron chi connectivity index (χ2n) is 3.74. The maximum Gasteiger partial charge on any atom is 0.351 e. The van der Waals surface area contributed by atoms with Gasteiger partial charge < -0.3 is 19.9 Å². The van der Waals surface area contributed by atoms with Crippen LogP contribution < -0.4 is 10.5 Å². The molecule has 2 heterocycles. The molecule has 0 aliphatic rings. The minimum Gasteiger partial charge on any atom is -0.479 e. The summed E-state index contributed by atoms with van der Waals surface area (Å²) in [6, 6.07) is 1.62. The molecule has 2 rings (SSSR count). The fourth-order valence-electron chi connectivity index (χ4n) is 1.54. The summed E-state index contributed by atoms with van der Waals surface area (Å²) in [4.78, 5) is 27.8. The fourth-order valence-corrected chi connectivity index (χ4v) is 2.53. The molecule has 7 nitrogen and oxygen atoms in total. The van der Waals surface area contributed by atoms with Gasteiger partial charge in [0.2, 0.25) is 0 Å². The Morgan fingerprint density at radius 1 is 1.35 bits per heavy atom. The molecule has 0 radical (unpaired) electrons. The molecule has 8 heteroatoms. The smallest absolute Gasteiger partial charge is 0.351 e. The Labute approximate surface area is 118 Å². The average Bonchev–Trinajstić information content (AvgIpc) is 2.81. The third-order valence-electron chi connectivity index (χ3n) is 2.45. The van der Waals surface area contributed by atoms with E-state index in [4.69, 9.17) is 10.5 Å². The van der Waals surface area contributed by atoms with Gasteiger partial charge in [0, 0.05) is 0 Å². The van der Waals surface area contributed by atoms with Crippen molar-refractivity contribution >= 4 is 39.2 Å². The number of methoxy groups -OCH3 is 2. The molecule has 0 aliphatic carbocycles. The first-order valence-corrected chi connectivity index (χ1v) is 6.34. The Morgan fingerprint density at radius 3 is 2.75 bits per heavy atom. The van der Waals surface area contributed by atoms with E-state index in [9.17, 15) is 9.59 Å². The van der Waals surface area contributed by atoms with Gasteiger partial charge in [-0.1, -0.05) is 0 Å². The second-order valence-corrected chi connectivity index (χ2v) is 4.74. The van der Waals surface area contributed by atoms with E-state index in [1.165, 1.54) is 20.4 Å². The van der Waals surface area contributed by atoms with Gasteiger partial charge in [-0.3, -0.25) is 0 Å². The lowest BCUT2D eigenvalue weighted by Crippen LogP contribution is -2.13. The summed E-state index contributed by atoms with van der Waals surface area (Å²) < 4.78 is 14.5. The number of carbonyl (C=O) groups is 2. The van der Waals surface area contributed by atoms with E-state index >= 15 is 0 Å².